The molecule has 0 fully saturated rings. The van der Waals surface area contributed by atoms with Gasteiger partial charge in [-0.1, -0.05) is 13.8 Å². The van der Waals surface area contributed by atoms with Crippen LogP contribution in [0.25, 0.3) is 0 Å². The first-order valence-corrected chi connectivity index (χ1v) is 6.71. The third kappa shape index (κ3) is 4.66. The monoisotopic (exact) mass is 294 g/mol. The molecule has 21 heavy (non-hydrogen) atoms. The van der Waals surface area contributed by atoms with Crippen LogP contribution in [-0.4, -0.2) is 32.1 Å². The first kappa shape index (κ1) is 16.8. The Morgan fingerprint density at radius 1 is 1.29 bits per heavy atom. The van der Waals surface area contributed by atoms with Gasteiger partial charge in [-0.15, -0.1) is 0 Å². The average Bonchev–Trinajstić information content (AvgIpc) is 2.45. The van der Waals surface area contributed by atoms with Crippen molar-refractivity contribution in [2.75, 3.05) is 20.0 Å². The third-order valence-electron chi connectivity index (χ3n) is 3.00. The highest BCUT2D eigenvalue weighted by Crippen LogP contribution is 2.20. The number of methoxy groups -OCH3 is 2. The Morgan fingerprint density at radius 3 is 2.48 bits per heavy atom. The lowest BCUT2D eigenvalue weighted by Crippen LogP contribution is -2.42. The molecule has 0 spiro atoms. The first-order valence-electron chi connectivity index (χ1n) is 6.71. The summed E-state index contributed by atoms with van der Waals surface area (Å²) in [7, 11) is 2.80. The Balaban J connectivity index is 2.93. The SMILES string of the molecule is COC(=O)[C@H](CC(C)C)NC(=O)c1cc(OC)ccc1N. The third-order valence-corrected chi connectivity index (χ3v) is 3.00. The van der Waals surface area contributed by atoms with Crippen molar-refractivity contribution >= 4 is 17.6 Å². The number of rotatable bonds is 6. The molecule has 0 saturated heterocycles. The maximum absolute atomic E-state index is 12.3. The Bertz CT molecular complexity index is 514. The molecule has 0 radical (unpaired) electrons. The van der Waals surface area contributed by atoms with Crippen molar-refractivity contribution < 1.29 is 19.1 Å². The van der Waals surface area contributed by atoms with Gasteiger partial charge in [0.05, 0.1) is 19.8 Å². The van der Waals surface area contributed by atoms with Crippen molar-refractivity contribution in [2.45, 2.75) is 26.3 Å². The molecule has 1 aromatic carbocycles. The van der Waals surface area contributed by atoms with E-state index in [-0.39, 0.29) is 11.5 Å². The van der Waals surface area contributed by atoms with Gasteiger partial charge in [0.25, 0.3) is 5.91 Å². The van der Waals surface area contributed by atoms with Gasteiger partial charge in [0.15, 0.2) is 0 Å². The lowest BCUT2D eigenvalue weighted by molar-refractivity contribution is -0.143. The number of esters is 1. The highest BCUT2D eigenvalue weighted by atomic mass is 16.5. The van der Waals surface area contributed by atoms with Crippen LogP contribution in [0, 0.1) is 5.92 Å². The summed E-state index contributed by atoms with van der Waals surface area (Å²) >= 11 is 0. The van der Waals surface area contributed by atoms with Crippen LogP contribution in [0.2, 0.25) is 0 Å². The molecule has 0 aromatic heterocycles. The Morgan fingerprint density at radius 2 is 1.95 bits per heavy atom. The van der Waals surface area contributed by atoms with E-state index >= 15 is 0 Å². The second-order valence-corrected chi connectivity index (χ2v) is 5.13. The molecule has 3 N–H and O–H groups in total. The van der Waals surface area contributed by atoms with Crippen LogP contribution in [0.1, 0.15) is 30.6 Å². The van der Waals surface area contributed by atoms with Crippen LogP contribution in [0.4, 0.5) is 5.69 Å². The fraction of sp³-hybridized carbons (Fsp3) is 0.467. The summed E-state index contributed by atoms with van der Waals surface area (Å²) in [5.74, 6) is -0.147. The van der Waals surface area contributed by atoms with Gasteiger partial charge < -0.3 is 20.5 Å². The van der Waals surface area contributed by atoms with Crippen molar-refractivity contribution in [1.29, 1.82) is 0 Å². The summed E-state index contributed by atoms with van der Waals surface area (Å²) in [5, 5.41) is 2.66. The number of benzene rings is 1. The molecule has 1 rings (SSSR count). The second-order valence-electron chi connectivity index (χ2n) is 5.13. The summed E-state index contributed by atoms with van der Waals surface area (Å²) in [4.78, 5) is 24.0. The molecule has 0 aliphatic heterocycles. The molecular weight excluding hydrogens is 272 g/mol. The van der Waals surface area contributed by atoms with Gasteiger partial charge >= 0.3 is 5.97 Å². The molecule has 0 unspecified atom stereocenters. The van der Waals surface area contributed by atoms with Gasteiger partial charge in [-0.25, -0.2) is 4.79 Å². The summed E-state index contributed by atoms with van der Waals surface area (Å²) in [6.45, 7) is 3.92. The molecule has 0 aliphatic rings. The van der Waals surface area contributed by atoms with E-state index in [1.54, 1.807) is 12.1 Å². The number of carbonyl (C=O) groups is 2. The fourth-order valence-corrected chi connectivity index (χ4v) is 1.92. The number of nitrogen functional groups attached to an aromatic ring is 1. The normalized spacial score (nSPS) is 11.9. The number of ether oxygens (including phenoxy) is 2. The van der Waals surface area contributed by atoms with Gasteiger partial charge in [0, 0.05) is 5.69 Å². The fourth-order valence-electron chi connectivity index (χ4n) is 1.92. The summed E-state index contributed by atoms with van der Waals surface area (Å²) in [6.07, 6.45) is 0.488. The number of hydrogen-bond donors (Lipinski definition) is 2. The van der Waals surface area contributed by atoms with Crippen LogP contribution in [0.5, 0.6) is 5.75 Å². The van der Waals surface area contributed by atoms with Crippen molar-refractivity contribution in [3.63, 3.8) is 0 Å². The zero-order valence-electron chi connectivity index (χ0n) is 12.8. The lowest BCUT2D eigenvalue weighted by atomic mass is 10.0. The standard InChI is InChI=1S/C15H22N2O4/c1-9(2)7-13(15(19)21-4)17-14(18)11-8-10(20-3)5-6-12(11)16/h5-6,8-9,13H,7,16H2,1-4H3,(H,17,18)/t13-/m0/s1. The predicted octanol–water partition coefficient (Wildman–Crippen LogP) is 1.59. The van der Waals surface area contributed by atoms with Crippen molar-refractivity contribution in [2.24, 2.45) is 5.92 Å². The van der Waals surface area contributed by atoms with Crippen LogP contribution in [-0.2, 0) is 9.53 Å². The van der Waals surface area contributed by atoms with E-state index in [0.29, 0.717) is 17.9 Å². The highest BCUT2D eigenvalue weighted by molar-refractivity contribution is 6.01. The molecular formula is C15H22N2O4. The second kappa shape index (κ2) is 7.52. The largest absolute Gasteiger partial charge is 0.497 e. The van der Waals surface area contributed by atoms with Gasteiger partial charge in [-0.05, 0) is 30.5 Å². The topological polar surface area (TPSA) is 90.6 Å². The molecule has 1 atom stereocenters. The molecule has 0 aliphatic carbocycles. The van der Waals surface area contributed by atoms with E-state index in [2.05, 4.69) is 5.32 Å². The summed E-state index contributed by atoms with van der Waals surface area (Å²) in [6, 6.07) is 4.09. The molecule has 0 saturated carbocycles. The van der Waals surface area contributed by atoms with Crippen LogP contribution >= 0.6 is 0 Å². The molecule has 0 bridgehead atoms. The number of hydrogen-bond acceptors (Lipinski definition) is 5. The van der Waals surface area contributed by atoms with Crippen molar-refractivity contribution in [3.05, 3.63) is 23.8 Å². The maximum Gasteiger partial charge on any atom is 0.328 e. The van der Waals surface area contributed by atoms with Crippen LogP contribution in [0.15, 0.2) is 18.2 Å². The lowest BCUT2D eigenvalue weighted by Gasteiger charge is -2.19. The number of amides is 1. The average molecular weight is 294 g/mol. The Labute approximate surface area is 124 Å². The number of anilines is 1. The van der Waals surface area contributed by atoms with Crippen molar-refractivity contribution in [1.82, 2.24) is 5.32 Å². The van der Waals surface area contributed by atoms with E-state index in [1.807, 2.05) is 13.8 Å². The minimum Gasteiger partial charge on any atom is -0.497 e. The minimum absolute atomic E-state index is 0.233. The Hall–Kier alpha value is -2.24. The van der Waals surface area contributed by atoms with E-state index in [1.165, 1.54) is 20.3 Å². The van der Waals surface area contributed by atoms with Gasteiger partial charge in [-0.2, -0.15) is 0 Å². The first-order chi connectivity index (χ1) is 9.88. The molecule has 6 nitrogen and oxygen atoms in total. The smallest absolute Gasteiger partial charge is 0.328 e. The maximum atomic E-state index is 12.3. The summed E-state index contributed by atoms with van der Waals surface area (Å²) < 4.78 is 9.79. The molecule has 1 amide bonds. The van der Waals surface area contributed by atoms with Gasteiger partial charge in [0.2, 0.25) is 0 Å². The zero-order chi connectivity index (χ0) is 16.0. The van der Waals surface area contributed by atoms with E-state index in [0.717, 1.165) is 0 Å². The molecule has 1 aromatic rings. The number of nitrogens with one attached hydrogen (secondary N) is 1. The van der Waals surface area contributed by atoms with E-state index in [9.17, 15) is 9.59 Å². The van der Waals surface area contributed by atoms with E-state index in [4.69, 9.17) is 15.2 Å². The molecule has 116 valence electrons. The van der Waals surface area contributed by atoms with Gasteiger partial charge in [0.1, 0.15) is 11.8 Å². The number of carbonyl (C=O) groups excluding carboxylic acids is 2. The van der Waals surface area contributed by atoms with Crippen LogP contribution in [0.3, 0.4) is 0 Å². The molecule has 6 heteroatoms. The zero-order valence-corrected chi connectivity index (χ0v) is 12.8. The Kier molecular flexibility index (Phi) is 6.02. The van der Waals surface area contributed by atoms with Gasteiger partial charge in [-0.3, -0.25) is 4.79 Å². The van der Waals surface area contributed by atoms with Crippen molar-refractivity contribution in [3.8, 4) is 5.75 Å². The predicted molar refractivity (Wildman–Crippen MR) is 80.1 cm³/mol. The summed E-state index contributed by atoms with van der Waals surface area (Å²) in [5.41, 5.74) is 6.39. The number of nitrogens with two attached hydrogens (primary N) is 1. The minimum atomic E-state index is -0.701. The molecule has 0 heterocycles. The van der Waals surface area contributed by atoms with Crippen LogP contribution < -0.4 is 15.8 Å². The van der Waals surface area contributed by atoms with E-state index < -0.39 is 17.9 Å². The highest BCUT2D eigenvalue weighted by Gasteiger charge is 2.24. The quantitative estimate of drug-likeness (QED) is 0.614.